The van der Waals surface area contributed by atoms with Crippen LogP contribution in [-0.4, -0.2) is 24.4 Å². The first-order valence-corrected chi connectivity index (χ1v) is 5.38. The second-order valence-corrected chi connectivity index (χ2v) is 3.94. The normalized spacial score (nSPS) is 13.8. The van der Waals surface area contributed by atoms with Crippen molar-refractivity contribution in [3.8, 4) is 5.75 Å². The van der Waals surface area contributed by atoms with E-state index in [1.54, 1.807) is 24.3 Å². The lowest BCUT2D eigenvalue weighted by Crippen LogP contribution is -2.32. The molecule has 0 amide bonds. The van der Waals surface area contributed by atoms with Crippen LogP contribution in [0.25, 0.3) is 10.9 Å². The van der Waals surface area contributed by atoms with Gasteiger partial charge in [-0.25, -0.2) is 0 Å². The van der Waals surface area contributed by atoms with Gasteiger partial charge in [0.1, 0.15) is 11.8 Å². The van der Waals surface area contributed by atoms with E-state index in [0.29, 0.717) is 16.7 Å². The van der Waals surface area contributed by atoms with Gasteiger partial charge in [-0.05, 0) is 24.3 Å². The zero-order valence-electron chi connectivity index (χ0n) is 9.74. The lowest BCUT2D eigenvalue weighted by atomic mass is 10.2. The van der Waals surface area contributed by atoms with Crippen molar-refractivity contribution in [3.63, 3.8) is 0 Å². The topological polar surface area (TPSA) is 40.2 Å². The van der Waals surface area contributed by atoms with Gasteiger partial charge in [0.05, 0.1) is 7.11 Å². The van der Waals surface area contributed by atoms with Crippen molar-refractivity contribution in [1.82, 2.24) is 4.57 Å². The largest absolute Gasteiger partial charge is 0.497 e. The SMILES string of the molecule is COc1ccc2c(ccn2C(CN)C(F)(F)F)c1. The average molecular weight is 258 g/mol. The molecule has 0 aliphatic carbocycles. The highest BCUT2D eigenvalue weighted by Gasteiger charge is 2.40. The molecule has 0 aliphatic heterocycles. The Morgan fingerprint density at radius 2 is 2.06 bits per heavy atom. The van der Waals surface area contributed by atoms with E-state index in [2.05, 4.69) is 0 Å². The standard InChI is InChI=1S/C12H13F3N2O/c1-18-9-2-3-10-8(6-9)4-5-17(10)11(7-16)12(13,14)15/h2-6,11H,7,16H2,1H3. The van der Waals surface area contributed by atoms with Gasteiger partial charge in [-0.15, -0.1) is 0 Å². The predicted molar refractivity (Wildman–Crippen MR) is 62.6 cm³/mol. The number of nitrogens with two attached hydrogens (primary N) is 1. The van der Waals surface area contributed by atoms with Gasteiger partial charge < -0.3 is 15.0 Å². The third-order valence-corrected chi connectivity index (χ3v) is 2.86. The lowest BCUT2D eigenvalue weighted by Gasteiger charge is -2.21. The first-order valence-electron chi connectivity index (χ1n) is 5.38. The van der Waals surface area contributed by atoms with Gasteiger partial charge in [-0.2, -0.15) is 13.2 Å². The molecule has 1 heterocycles. The Bertz CT molecular complexity index is 548. The highest BCUT2D eigenvalue weighted by Crippen LogP contribution is 2.33. The van der Waals surface area contributed by atoms with Crippen LogP contribution in [0.2, 0.25) is 0 Å². The molecule has 0 radical (unpaired) electrons. The van der Waals surface area contributed by atoms with Crippen LogP contribution in [0, 0.1) is 0 Å². The van der Waals surface area contributed by atoms with Crippen molar-refractivity contribution in [3.05, 3.63) is 30.5 Å². The number of methoxy groups -OCH3 is 1. The second kappa shape index (κ2) is 4.53. The highest BCUT2D eigenvalue weighted by molar-refractivity contribution is 5.81. The maximum Gasteiger partial charge on any atom is 0.410 e. The molecule has 2 rings (SSSR count). The minimum Gasteiger partial charge on any atom is -0.497 e. The zero-order chi connectivity index (χ0) is 13.3. The zero-order valence-corrected chi connectivity index (χ0v) is 9.74. The lowest BCUT2D eigenvalue weighted by molar-refractivity contribution is -0.164. The number of ether oxygens (including phenoxy) is 1. The molecule has 1 aromatic heterocycles. The molecule has 18 heavy (non-hydrogen) atoms. The third-order valence-electron chi connectivity index (χ3n) is 2.86. The third kappa shape index (κ3) is 2.15. The van der Waals surface area contributed by atoms with Crippen molar-refractivity contribution in [2.75, 3.05) is 13.7 Å². The molecule has 1 atom stereocenters. The number of nitrogens with zero attached hydrogens (tertiary/aromatic N) is 1. The number of hydrogen-bond acceptors (Lipinski definition) is 2. The molecular weight excluding hydrogens is 245 g/mol. The number of halogens is 3. The summed E-state index contributed by atoms with van der Waals surface area (Å²) in [5, 5.41) is 0.692. The van der Waals surface area contributed by atoms with Gasteiger partial charge in [-0.1, -0.05) is 0 Å². The Balaban J connectivity index is 2.52. The van der Waals surface area contributed by atoms with Crippen LogP contribution in [0.3, 0.4) is 0 Å². The summed E-state index contributed by atoms with van der Waals surface area (Å²) in [7, 11) is 1.51. The summed E-state index contributed by atoms with van der Waals surface area (Å²) < 4.78 is 44.7. The van der Waals surface area contributed by atoms with Crippen LogP contribution in [0.5, 0.6) is 5.75 Å². The van der Waals surface area contributed by atoms with Crippen LogP contribution >= 0.6 is 0 Å². The predicted octanol–water partition coefficient (Wildman–Crippen LogP) is 2.71. The molecule has 0 saturated carbocycles. The quantitative estimate of drug-likeness (QED) is 0.919. The summed E-state index contributed by atoms with van der Waals surface area (Å²) in [5.74, 6) is 0.608. The molecule has 3 nitrogen and oxygen atoms in total. The van der Waals surface area contributed by atoms with E-state index in [-0.39, 0.29) is 0 Å². The number of benzene rings is 1. The Hall–Kier alpha value is -1.69. The average Bonchev–Trinajstić information content (AvgIpc) is 2.71. The van der Waals surface area contributed by atoms with Gasteiger partial charge in [0.25, 0.3) is 0 Å². The van der Waals surface area contributed by atoms with Crippen molar-refractivity contribution in [1.29, 1.82) is 0 Å². The first kappa shape index (κ1) is 12.8. The van der Waals surface area contributed by atoms with Gasteiger partial charge in [0.2, 0.25) is 0 Å². The molecule has 0 saturated heterocycles. The number of alkyl halides is 3. The van der Waals surface area contributed by atoms with Gasteiger partial charge in [-0.3, -0.25) is 0 Å². The van der Waals surface area contributed by atoms with Gasteiger partial charge in [0.15, 0.2) is 0 Å². The summed E-state index contributed by atoms with van der Waals surface area (Å²) in [6, 6.07) is 4.83. The van der Waals surface area contributed by atoms with E-state index >= 15 is 0 Å². The fraction of sp³-hybridized carbons (Fsp3) is 0.333. The summed E-state index contributed by atoms with van der Waals surface area (Å²) >= 11 is 0. The molecule has 2 aromatic rings. The number of fused-ring (bicyclic) bond motifs is 1. The van der Waals surface area contributed by atoms with Gasteiger partial charge in [0, 0.05) is 23.6 Å². The fourth-order valence-corrected chi connectivity index (χ4v) is 1.95. The van der Waals surface area contributed by atoms with E-state index in [4.69, 9.17) is 10.5 Å². The molecule has 6 heteroatoms. The summed E-state index contributed by atoms with van der Waals surface area (Å²) in [6.45, 7) is -0.487. The van der Waals surface area contributed by atoms with Crippen LogP contribution < -0.4 is 10.5 Å². The van der Waals surface area contributed by atoms with E-state index < -0.39 is 18.8 Å². The highest BCUT2D eigenvalue weighted by atomic mass is 19.4. The number of rotatable bonds is 3. The maximum absolute atomic E-state index is 12.8. The van der Waals surface area contributed by atoms with Crippen molar-refractivity contribution < 1.29 is 17.9 Å². The van der Waals surface area contributed by atoms with Crippen molar-refractivity contribution >= 4 is 10.9 Å². The van der Waals surface area contributed by atoms with E-state index in [1.165, 1.54) is 13.3 Å². The van der Waals surface area contributed by atoms with Crippen LogP contribution in [0.1, 0.15) is 6.04 Å². The summed E-state index contributed by atoms with van der Waals surface area (Å²) in [5.41, 5.74) is 5.72. The Kier molecular flexibility index (Phi) is 3.21. The smallest absolute Gasteiger partial charge is 0.410 e. The van der Waals surface area contributed by atoms with E-state index in [0.717, 1.165) is 4.57 Å². The monoisotopic (exact) mass is 258 g/mol. The molecule has 98 valence electrons. The molecule has 0 spiro atoms. The summed E-state index contributed by atoms with van der Waals surface area (Å²) in [6.07, 6.45) is -2.96. The maximum atomic E-state index is 12.8. The molecular formula is C12H13F3N2O. The van der Waals surface area contributed by atoms with E-state index in [1.807, 2.05) is 0 Å². The molecule has 1 unspecified atom stereocenters. The minimum absolute atomic E-state index is 0.487. The second-order valence-electron chi connectivity index (χ2n) is 3.94. The molecule has 0 bridgehead atoms. The van der Waals surface area contributed by atoms with Crippen LogP contribution in [0.4, 0.5) is 13.2 Å². The molecule has 2 N–H and O–H groups in total. The fourth-order valence-electron chi connectivity index (χ4n) is 1.95. The van der Waals surface area contributed by atoms with Crippen LogP contribution in [0.15, 0.2) is 30.5 Å². The van der Waals surface area contributed by atoms with Crippen molar-refractivity contribution in [2.45, 2.75) is 12.2 Å². The molecule has 1 aromatic carbocycles. The summed E-state index contributed by atoms with van der Waals surface area (Å²) in [4.78, 5) is 0. The number of aromatic nitrogens is 1. The number of hydrogen-bond donors (Lipinski definition) is 1. The molecule has 0 fully saturated rings. The Morgan fingerprint density at radius 1 is 1.33 bits per heavy atom. The minimum atomic E-state index is -4.36. The Labute approximate surface area is 102 Å². The van der Waals surface area contributed by atoms with Crippen molar-refractivity contribution in [2.24, 2.45) is 5.73 Å². The van der Waals surface area contributed by atoms with E-state index in [9.17, 15) is 13.2 Å². The first-order chi connectivity index (χ1) is 8.47. The molecule has 0 aliphatic rings. The Morgan fingerprint density at radius 3 is 2.61 bits per heavy atom. The van der Waals surface area contributed by atoms with Gasteiger partial charge >= 0.3 is 6.18 Å². The van der Waals surface area contributed by atoms with Crippen LogP contribution in [-0.2, 0) is 0 Å².